The molecule has 0 N–H and O–H groups in total. The first-order chi connectivity index (χ1) is 10.7. The fraction of sp³-hybridized carbons (Fsp3) is 0.235. The third kappa shape index (κ3) is 2.45. The minimum atomic E-state index is -0.0980. The second-order valence-corrected chi connectivity index (χ2v) is 4.82. The minimum Gasteiger partial charge on any atom is -0.494 e. The van der Waals surface area contributed by atoms with Gasteiger partial charge in [-0.2, -0.15) is 0 Å². The molecule has 22 heavy (non-hydrogen) atoms. The molecule has 0 spiro atoms. The van der Waals surface area contributed by atoms with Crippen molar-refractivity contribution in [1.82, 2.24) is 14.5 Å². The van der Waals surface area contributed by atoms with Crippen molar-refractivity contribution in [3.63, 3.8) is 0 Å². The molecule has 5 heteroatoms. The van der Waals surface area contributed by atoms with E-state index in [-0.39, 0.29) is 5.56 Å². The molecule has 2 heterocycles. The van der Waals surface area contributed by atoms with Crippen LogP contribution in [-0.2, 0) is 6.42 Å². The molecular weight excluding hydrogens is 278 g/mol. The molecule has 0 aliphatic carbocycles. The average molecular weight is 295 g/mol. The summed E-state index contributed by atoms with van der Waals surface area (Å²) in [4.78, 5) is 21.5. The Morgan fingerprint density at radius 2 is 1.91 bits per heavy atom. The van der Waals surface area contributed by atoms with Gasteiger partial charge < -0.3 is 4.74 Å². The van der Waals surface area contributed by atoms with Crippen molar-refractivity contribution in [1.29, 1.82) is 0 Å². The third-order valence-electron chi connectivity index (χ3n) is 3.44. The smallest absolute Gasteiger partial charge is 0.267 e. The van der Waals surface area contributed by atoms with Crippen LogP contribution < -0.4 is 10.3 Å². The lowest BCUT2D eigenvalue weighted by atomic mass is 10.2. The van der Waals surface area contributed by atoms with E-state index in [4.69, 9.17) is 4.74 Å². The van der Waals surface area contributed by atoms with Crippen LogP contribution >= 0.6 is 0 Å². The van der Waals surface area contributed by atoms with Crippen molar-refractivity contribution >= 4 is 11.0 Å². The molecule has 0 atom stereocenters. The maximum Gasteiger partial charge on any atom is 0.267 e. The van der Waals surface area contributed by atoms with E-state index in [9.17, 15) is 4.79 Å². The van der Waals surface area contributed by atoms with E-state index in [1.165, 1.54) is 0 Å². The molecule has 0 unspecified atom stereocenters. The van der Waals surface area contributed by atoms with Gasteiger partial charge in [-0.25, -0.2) is 9.97 Å². The van der Waals surface area contributed by atoms with Gasteiger partial charge in [0.2, 0.25) is 0 Å². The zero-order chi connectivity index (χ0) is 15.5. The van der Waals surface area contributed by atoms with Gasteiger partial charge in [0.1, 0.15) is 11.6 Å². The standard InChI is InChI=1S/C17H17N3O2/c1-3-15-19-16-14(6-5-11-18-16)17(21)20(15)12-7-9-13(10-8-12)22-4-2/h5-11H,3-4H2,1-2H3. The van der Waals surface area contributed by atoms with Gasteiger partial charge in [0.15, 0.2) is 5.65 Å². The number of hydrogen-bond donors (Lipinski definition) is 0. The van der Waals surface area contributed by atoms with Gasteiger partial charge in [0.05, 0.1) is 17.7 Å². The van der Waals surface area contributed by atoms with Crippen molar-refractivity contribution in [2.24, 2.45) is 0 Å². The summed E-state index contributed by atoms with van der Waals surface area (Å²) in [6, 6.07) is 11.0. The van der Waals surface area contributed by atoms with Crippen molar-refractivity contribution in [3.05, 3.63) is 58.8 Å². The van der Waals surface area contributed by atoms with E-state index in [1.54, 1.807) is 22.9 Å². The highest BCUT2D eigenvalue weighted by Gasteiger charge is 2.12. The fourth-order valence-corrected chi connectivity index (χ4v) is 2.42. The Labute approximate surface area is 128 Å². The molecule has 112 valence electrons. The molecule has 0 saturated heterocycles. The monoisotopic (exact) mass is 295 g/mol. The van der Waals surface area contributed by atoms with E-state index >= 15 is 0 Å². The number of ether oxygens (including phenoxy) is 1. The SMILES string of the molecule is CCOc1ccc(-n2c(CC)nc3ncccc3c2=O)cc1. The maximum absolute atomic E-state index is 12.8. The van der Waals surface area contributed by atoms with Gasteiger partial charge >= 0.3 is 0 Å². The number of fused-ring (bicyclic) bond motifs is 1. The number of hydrogen-bond acceptors (Lipinski definition) is 4. The predicted molar refractivity (Wildman–Crippen MR) is 85.7 cm³/mol. The summed E-state index contributed by atoms with van der Waals surface area (Å²) in [5, 5.41) is 0.522. The second kappa shape index (κ2) is 5.97. The molecule has 0 aliphatic rings. The minimum absolute atomic E-state index is 0.0980. The van der Waals surface area contributed by atoms with Crippen LogP contribution in [0.3, 0.4) is 0 Å². The molecule has 0 radical (unpaired) electrons. The molecule has 5 nitrogen and oxygen atoms in total. The van der Waals surface area contributed by atoms with Gasteiger partial charge in [-0.15, -0.1) is 0 Å². The summed E-state index contributed by atoms with van der Waals surface area (Å²) >= 11 is 0. The Kier molecular flexibility index (Phi) is 3.87. The van der Waals surface area contributed by atoms with Crippen LogP contribution in [0.2, 0.25) is 0 Å². The Morgan fingerprint density at radius 1 is 1.14 bits per heavy atom. The van der Waals surface area contributed by atoms with Gasteiger partial charge in [-0.05, 0) is 43.3 Å². The first-order valence-corrected chi connectivity index (χ1v) is 7.34. The topological polar surface area (TPSA) is 57.0 Å². The molecule has 1 aromatic carbocycles. The lowest BCUT2D eigenvalue weighted by Crippen LogP contribution is -2.23. The maximum atomic E-state index is 12.8. The summed E-state index contributed by atoms with van der Waals surface area (Å²) in [7, 11) is 0. The first-order valence-electron chi connectivity index (χ1n) is 7.34. The van der Waals surface area contributed by atoms with Crippen LogP contribution in [0.4, 0.5) is 0 Å². The zero-order valence-corrected chi connectivity index (χ0v) is 12.6. The number of pyridine rings is 1. The Hall–Kier alpha value is -2.69. The van der Waals surface area contributed by atoms with Crippen molar-refractivity contribution in [2.75, 3.05) is 6.61 Å². The van der Waals surface area contributed by atoms with Gasteiger partial charge in [0, 0.05) is 12.6 Å². The summed E-state index contributed by atoms with van der Waals surface area (Å²) in [6.07, 6.45) is 2.30. The van der Waals surface area contributed by atoms with E-state index < -0.39 is 0 Å². The Bertz CT molecular complexity index is 854. The normalized spacial score (nSPS) is 10.8. The van der Waals surface area contributed by atoms with Crippen molar-refractivity contribution in [3.8, 4) is 11.4 Å². The summed E-state index contributed by atoms with van der Waals surface area (Å²) < 4.78 is 7.08. The molecular formula is C17H17N3O2. The number of rotatable bonds is 4. The largest absolute Gasteiger partial charge is 0.494 e. The van der Waals surface area contributed by atoms with E-state index in [0.717, 1.165) is 11.4 Å². The van der Waals surface area contributed by atoms with Gasteiger partial charge in [0.25, 0.3) is 5.56 Å². The molecule has 0 amide bonds. The van der Waals surface area contributed by atoms with Crippen molar-refractivity contribution < 1.29 is 4.74 Å². The van der Waals surface area contributed by atoms with Crippen LogP contribution in [0.1, 0.15) is 19.7 Å². The highest BCUT2D eigenvalue weighted by Crippen LogP contribution is 2.16. The molecule has 0 aliphatic heterocycles. The molecule has 0 saturated carbocycles. The summed E-state index contributed by atoms with van der Waals surface area (Å²) in [5.74, 6) is 1.48. The van der Waals surface area contributed by atoms with Crippen LogP contribution in [-0.4, -0.2) is 21.1 Å². The molecule has 0 fully saturated rings. The fourth-order valence-electron chi connectivity index (χ4n) is 2.42. The third-order valence-corrected chi connectivity index (χ3v) is 3.44. The quantitative estimate of drug-likeness (QED) is 0.742. The van der Waals surface area contributed by atoms with E-state index in [1.807, 2.05) is 38.1 Å². The van der Waals surface area contributed by atoms with Crippen LogP contribution in [0, 0.1) is 0 Å². The number of nitrogens with zero attached hydrogens (tertiary/aromatic N) is 3. The zero-order valence-electron chi connectivity index (χ0n) is 12.6. The Morgan fingerprint density at radius 3 is 2.59 bits per heavy atom. The van der Waals surface area contributed by atoms with Crippen molar-refractivity contribution in [2.45, 2.75) is 20.3 Å². The Balaban J connectivity index is 2.20. The number of aromatic nitrogens is 3. The van der Waals surface area contributed by atoms with Crippen LogP contribution in [0.25, 0.3) is 16.7 Å². The van der Waals surface area contributed by atoms with Gasteiger partial charge in [-0.1, -0.05) is 6.92 Å². The van der Waals surface area contributed by atoms with Gasteiger partial charge in [-0.3, -0.25) is 9.36 Å². The molecule has 2 aromatic heterocycles. The summed E-state index contributed by atoms with van der Waals surface area (Å²) in [5.41, 5.74) is 1.18. The lowest BCUT2D eigenvalue weighted by molar-refractivity contribution is 0.340. The number of benzene rings is 1. The highest BCUT2D eigenvalue weighted by atomic mass is 16.5. The number of aryl methyl sites for hydroxylation is 1. The highest BCUT2D eigenvalue weighted by molar-refractivity contribution is 5.73. The predicted octanol–water partition coefficient (Wildman–Crippen LogP) is 2.74. The van der Waals surface area contributed by atoms with E-state index in [0.29, 0.717) is 29.9 Å². The first kappa shape index (κ1) is 14.3. The molecule has 0 bridgehead atoms. The van der Waals surface area contributed by atoms with Crippen LogP contribution in [0.5, 0.6) is 5.75 Å². The average Bonchev–Trinajstić information content (AvgIpc) is 2.56. The van der Waals surface area contributed by atoms with E-state index in [2.05, 4.69) is 9.97 Å². The van der Waals surface area contributed by atoms with Crippen LogP contribution in [0.15, 0.2) is 47.4 Å². The molecule has 3 rings (SSSR count). The lowest BCUT2D eigenvalue weighted by Gasteiger charge is -2.12. The molecule has 3 aromatic rings. The second-order valence-electron chi connectivity index (χ2n) is 4.82. The summed E-state index contributed by atoms with van der Waals surface area (Å²) in [6.45, 7) is 4.53.